The lowest BCUT2D eigenvalue weighted by Gasteiger charge is -2.41. The van der Waals surface area contributed by atoms with Crippen molar-refractivity contribution in [3.8, 4) is 5.75 Å². The van der Waals surface area contributed by atoms with Gasteiger partial charge in [0.2, 0.25) is 11.8 Å². The molecular formula is C30H33F3N4O5. The van der Waals surface area contributed by atoms with Crippen molar-refractivity contribution in [2.24, 2.45) is 5.41 Å². The van der Waals surface area contributed by atoms with Crippen LogP contribution in [0.1, 0.15) is 44.9 Å². The minimum Gasteiger partial charge on any atom is -0.489 e. The third-order valence-corrected chi connectivity index (χ3v) is 7.21. The van der Waals surface area contributed by atoms with Gasteiger partial charge in [0.25, 0.3) is 0 Å². The Balaban J connectivity index is 1.67. The molecule has 2 aromatic carbocycles. The maximum atomic E-state index is 14.0. The van der Waals surface area contributed by atoms with Crippen LogP contribution in [0.4, 0.5) is 18.9 Å². The monoisotopic (exact) mass is 586 g/mol. The summed E-state index contributed by atoms with van der Waals surface area (Å²) in [4.78, 5) is 44.6. The molecule has 1 aromatic heterocycles. The molecule has 3 amide bonds. The Hall–Kier alpha value is -4.19. The second kappa shape index (κ2) is 11.6. The van der Waals surface area contributed by atoms with Crippen LogP contribution in [0.15, 0.2) is 54.6 Å². The molecule has 1 aliphatic rings. The third kappa shape index (κ3) is 6.48. The van der Waals surface area contributed by atoms with Crippen molar-refractivity contribution in [1.29, 1.82) is 0 Å². The van der Waals surface area contributed by atoms with E-state index >= 15 is 0 Å². The lowest BCUT2D eigenvalue weighted by Crippen LogP contribution is -2.59. The van der Waals surface area contributed by atoms with Crippen molar-refractivity contribution in [2.75, 3.05) is 18.0 Å². The van der Waals surface area contributed by atoms with Crippen LogP contribution >= 0.6 is 0 Å². The van der Waals surface area contributed by atoms with Crippen molar-refractivity contribution in [2.45, 2.75) is 58.9 Å². The molecule has 0 saturated carbocycles. The van der Waals surface area contributed by atoms with Crippen molar-refractivity contribution in [1.82, 2.24) is 15.4 Å². The summed E-state index contributed by atoms with van der Waals surface area (Å²) in [5.41, 5.74) is 1.19. The van der Waals surface area contributed by atoms with Crippen molar-refractivity contribution < 1.29 is 37.5 Å². The molecule has 0 bridgehead atoms. The number of hydroxylamine groups is 1. The second-order valence-electron chi connectivity index (χ2n) is 11.5. The number of halogens is 3. The molecule has 2 heterocycles. The Morgan fingerprint density at radius 2 is 1.76 bits per heavy atom. The normalized spacial score (nSPS) is 17.3. The van der Waals surface area contributed by atoms with Gasteiger partial charge in [-0.2, -0.15) is 13.2 Å². The molecule has 4 rings (SSSR count). The van der Waals surface area contributed by atoms with Gasteiger partial charge < -0.3 is 9.64 Å². The zero-order valence-electron chi connectivity index (χ0n) is 23.8. The molecule has 1 atom stereocenters. The van der Waals surface area contributed by atoms with Crippen LogP contribution in [0.3, 0.4) is 0 Å². The molecule has 0 radical (unpaired) electrons. The highest BCUT2D eigenvalue weighted by Gasteiger charge is 2.55. The Morgan fingerprint density at radius 1 is 1.10 bits per heavy atom. The molecule has 1 saturated heterocycles. The van der Waals surface area contributed by atoms with Gasteiger partial charge in [0, 0.05) is 40.8 Å². The summed E-state index contributed by atoms with van der Waals surface area (Å²) in [6, 6.07) is 15.0. The quantitative estimate of drug-likeness (QED) is 0.300. The molecule has 0 aliphatic carbocycles. The van der Waals surface area contributed by atoms with Gasteiger partial charge >= 0.3 is 12.1 Å². The van der Waals surface area contributed by atoms with Gasteiger partial charge in [0.1, 0.15) is 12.4 Å². The first kappa shape index (κ1) is 30.8. The first-order chi connectivity index (χ1) is 19.6. The zero-order valence-corrected chi connectivity index (χ0v) is 23.8. The van der Waals surface area contributed by atoms with E-state index in [4.69, 9.17) is 4.74 Å². The maximum Gasteiger partial charge on any atom is 0.471 e. The highest BCUT2D eigenvalue weighted by Crippen LogP contribution is 2.40. The van der Waals surface area contributed by atoms with Crippen LogP contribution in [0.2, 0.25) is 0 Å². The summed E-state index contributed by atoms with van der Waals surface area (Å²) in [7, 11) is 0. The van der Waals surface area contributed by atoms with E-state index in [1.165, 1.54) is 34.6 Å². The fraction of sp³-hybridized carbons (Fsp3) is 0.400. The zero-order chi connectivity index (χ0) is 30.9. The number of ether oxygens (including phenoxy) is 1. The fourth-order valence-electron chi connectivity index (χ4n) is 5.35. The van der Waals surface area contributed by atoms with E-state index in [9.17, 15) is 32.8 Å². The van der Waals surface area contributed by atoms with Gasteiger partial charge in [-0.05, 0) is 49.7 Å². The second-order valence-corrected chi connectivity index (χ2v) is 11.5. The Labute approximate surface area is 241 Å². The minimum atomic E-state index is -5.28. The number of hydrogen-bond donors (Lipinski definition) is 2. The van der Waals surface area contributed by atoms with Gasteiger partial charge in [-0.15, -0.1) is 0 Å². The summed E-state index contributed by atoms with van der Waals surface area (Å²) in [6.45, 7) is 6.74. The number of para-hydroxylation sites is 1. The van der Waals surface area contributed by atoms with Gasteiger partial charge in [-0.25, -0.2) is 5.48 Å². The predicted octanol–water partition coefficient (Wildman–Crippen LogP) is 4.93. The SMILES string of the molecule is Cc1cc(COc2ccc(N(C(=O)C(F)(F)F)C3(CC(=O)NO)CCN(C(=O)C(C)(C)C)C3)cc2)c2ccccc2n1. The van der Waals surface area contributed by atoms with Crippen LogP contribution in [0.5, 0.6) is 5.75 Å². The van der Waals surface area contributed by atoms with E-state index in [1.54, 1.807) is 20.8 Å². The molecule has 2 N–H and O–H groups in total. The van der Waals surface area contributed by atoms with Crippen molar-refractivity contribution in [3.63, 3.8) is 0 Å². The highest BCUT2D eigenvalue weighted by atomic mass is 19.4. The smallest absolute Gasteiger partial charge is 0.471 e. The number of nitrogens with zero attached hydrogens (tertiary/aromatic N) is 3. The molecule has 1 unspecified atom stereocenters. The molecular weight excluding hydrogens is 553 g/mol. The number of rotatable bonds is 7. The summed E-state index contributed by atoms with van der Waals surface area (Å²) in [5.74, 6) is -3.17. The summed E-state index contributed by atoms with van der Waals surface area (Å²) in [5, 5.41) is 10.1. The average Bonchev–Trinajstić information content (AvgIpc) is 3.34. The van der Waals surface area contributed by atoms with Crippen molar-refractivity contribution >= 4 is 34.3 Å². The molecule has 42 heavy (non-hydrogen) atoms. The maximum absolute atomic E-state index is 14.0. The Morgan fingerprint density at radius 3 is 2.38 bits per heavy atom. The fourth-order valence-corrected chi connectivity index (χ4v) is 5.35. The van der Waals surface area contributed by atoms with Crippen LogP contribution in [-0.2, 0) is 21.0 Å². The number of anilines is 1. The van der Waals surface area contributed by atoms with Gasteiger partial charge in [-0.3, -0.25) is 29.5 Å². The average molecular weight is 587 g/mol. The van der Waals surface area contributed by atoms with E-state index in [2.05, 4.69) is 4.98 Å². The van der Waals surface area contributed by atoms with E-state index < -0.39 is 35.4 Å². The number of aromatic nitrogens is 1. The number of aryl methyl sites for hydroxylation is 1. The largest absolute Gasteiger partial charge is 0.489 e. The van der Waals surface area contributed by atoms with Gasteiger partial charge in [0.15, 0.2) is 0 Å². The predicted molar refractivity (Wildman–Crippen MR) is 149 cm³/mol. The molecule has 9 nitrogen and oxygen atoms in total. The Bertz CT molecular complexity index is 1490. The summed E-state index contributed by atoms with van der Waals surface area (Å²) < 4.78 is 47.8. The lowest BCUT2D eigenvalue weighted by atomic mass is 9.89. The van der Waals surface area contributed by atoms with E-state index in [1.807, 2.05) is 37.3 Å². The molecule has 1 fully saturated rings. The number of hydrogen-bond acceptors (Lipinski definition) is 6. The van der Waals surface area contributed by atoms with Crippen LogP contribution in [-0.4, -0.2) is 57.6 Å². The third-order valence-electron chi connectivity index (χ3n) is 7.21. The summed E-state index contributed by atoms with van der Waals surface area (Å²) in [6.07, 6.45) is -6.05. The number of alkyl halides is 3. The first-order valence-electron chi connectivity index (χ1n) is 13.4. The van der Waals surface area contributed by atoms with Crippen LogP contribution in [0, 0.1) is 12.3 Å². The van der Waals surface area contributed by atoms with Gasteiger partial charge in [-0.1, -0.05) is 39.0 Å². The number of likely N-dealkylation sites (tertiary alicyclic amines) is 1. The molecule has 224 valence electrons. The number of fused-ring (bicyclic) bond motifs is 1. The summed E-state index contributed by atoms with van der Waals surface area (Å²) >= 11 is 0. The highest BCUT2D eigenvalue weighted by molar-refractivity contribution is 6.00. The number of nitrogens with one attached hydrogen (secondary N) is 1. The van der Waals surface area contributed by atoms with Gasteiger partial charge in [0.05, 0.1) is 17.5 Å². The van der Waals surface area contributed by atoms with Crippen molar-refractivity contribution in [3.05, 3.63) is 65.9 Å². The number of amides is 3. The number of carbonyl (C=O) groups excluding carboxylic acids is 3. The number of benzene rings is 2. The molecule has 3 aromatic rings. The molecule has 12 heteroatoms. The van der Waals surface area contributed by atoms with E-state index in [0.29, 0.717) is 10.6 Å². The molecule has 1 aliphatic heterocycles. The Kier molecular flexibility index (Phi) is 8.49. The standard InChI is InChI=1S/C30H33F3N4O5/c1-19-15-20(23-7-5-6-8-24(23)34-19)17-42-22-11-9-21(10-12-22)37(27(40)30(31,32)33)29(16-25(38)35-41)13-14-36(18-29)26(39)28(2,3)4/h5-12,15,41H,13-14,16-18H2,1-4H3,(H,35,38). The first-order valence-corrected chi connectivity index (χ1v) is 13.4. The van der Waals surface area contributed by atoms with E-state index in [-0.39, 0.29) is 37.7 Å². The lowest BCUT2D eigenvalue weighted by molar-refractivity contribution is -0.172. The van der Waals surface area contributed by atoms with Crippen LogP contribution < -0.4 is 15.1 Å². The van der Waals surface area contributed by atoms with Crippen LogP contribution in [0.25, 0.3) is 10.9 Å². The number of carbonyl (C=O) groups is 3. The topological polar surface area (TPSA) is 112 Å². The minimum absolute atomic E-state index is 0.0248. The number of pyridine rings is 1. The molecule has 0 spiro atoms. The van der Waals surface area contributed by atoms with E-state index in [0.717, 1.165) is 22.2 Å².